The topological polar surface area (TPSA) is 188 Å². The van der Waals surface area contributed by atoms with Gasteiger partial charge in [-0.25, -0.2) is 14.5 Å². The number of rotatable bonds is 14. The molecule has 2 aromatic rings. The normalized spacial score (nSPS) is 18.2. The third-order valence-corrected chi connectivity index (χ3v) is 9.24. The van der Waals surface area contributed by atoms with Crippen molar-refractivity contribution in [2.45, 2.75) is 43.4 Å². The molecule has 15 nitrogen and oxygen atoms in total. The summed E-state index contributed by atoms with van der Waals surface area (Å²) >= 11 is 4.02. The number of thioether (sulfide) groups is 2. The fourth-order valence-electron chi connectivity index (χ4n) is 3.97. The number of carbonyl (C=O) groups excluding carboxylic acids is 4. The molecule has 0 saturated carbocycles. The third kappa shape index (κ3) is 7.78. The molecule has 2 aliphatic rings. The second-order valence-electron chi connectivity index (χ2n) is 10.00. The smallest absolute Gasteiger partial charge is 0.355 e. The summed E-state index contributed by atoms with van der Waals surface area (Å²) in [6.07, 6.45) is -0.0147. The Hall–Kier alpha value is -3.22. The number of aromatic nitrogens is 5. The van der Waals surface area contributed by atoms with Crippen LogP contribution in [0.15, 0.2) is 21.8 Å². The highest BCUT2D eigenvalue weighted by atomic mass is 32.2. The maximum Gasteiger partial charge on any atom is 0.355 e. The lowest BCUT2D eigenvalue weighted by atomic mass is 10.0. The van der Waals surface area contributed by atoms with Crippen molar-refractivity contribution in [3.05, 3.63) is 22.3 Å². The van der Waals surface area contributed by atoms with E-state index in [0.29, 0.717) is 39.6 Å². The predicted octanol–water partition coefficient (Wildman–Crippen LogP) is 0.00460. The van der Waals surface area contributed by atoms with Crippen LogP contribution in [0.1, 0.15) is 19.5 Å². The van der Waals surface area contributed by atoms with Crippen molar-refractivity contribution in [2.75, 3.05) is 51.1 Å². The first-order chi connectivity index (χ1) is 20.0. The molecule has 2 aliphatic heterocycles. The third-order valence-electron chi connectivity index (χ3n) is 6.13. The van der Waals surface area contributed by atoms with Crippen molar-refractivity contribution >= 4 is 63.7 Å². The van der Waals surface area contributed by atoms with Crippen molar-refractivity contribution in [3.8, 4) is 0 Å². The first kappa shape index (κ1) is 31.7. The number of thiazole rings is 1. The second-order valence-corrected chi connectivity index (χ2v) is 12.9. The van der Waals surface area contributed by atoms with Crippen molar-refractivity contribution in [2.24, 2.45) is 5.92 Å². The number of β-lactam (4-membered cyclic amide) rings is 1. The Bertz CT molecular complexity index is 1340. The van der Waals surface area contributed by atoms with Gasteiger partial charge < -0.3 is 25.4 Å². The lowest BCUT2D eigenvalue weighted by Crippen LogP contribution is -2.70. The number of nitrogens with one attached hydrogen (secondary N) is 1. The summed E-state index contributed by atoms with van der Waals surface area (Å²) < 4.78 is 12.2. The van der Waals surface area contributed by atoms with E-state index in [1.54, 1.807) is 23.9 Å². The molecule has 42 heavy (non-hydrogen) atoms. The molecule has 4 rings (SSSR count). The molecule has 2 aromatic heterocycles. The Labute approximate surface area is 254 Å². The van der Waals surface area contributed by atoms with Gasteiger partial charge in [-0.2, -0.15) is 0 Å². The molecule has 2 amide bonds. The van der Waals surface area contributed by atoms with Crippen LogP contribution in [0.4, 0.5) is 5.13 Å². The number of hydrogen-bond donors (Lipinski definition) is 2. The number of fused-ring (bicyclic) bond motifs is 1. The number of esters is 2. The summed E-state index contributed by atoms with van der Waals surface area (Å²) in [7, 11) is 3.90. The van der Waals surface area contributed by atoms with Gasteiger partial charge >= 0.3 is 11.9 Å². The van der Waals surface area contributed by atoms with E-state index >= 15 is 0 Å². The summed E-state index contributed by atoms with van der Waals surface area (Å²) in [5.74, 6) is -1.46. The lowest BCUT2D eigenvalue weighted by molar-refractivity contribution is -0.156. The molecule has 0 unspecified atom stereocenters. The number of amides is 2. The van der Waals surface area contributed by atoms with E-state index in [-0.39, 0.29) is 37.2 Å². The first-order valence-corrected chi connectivity index (χ1v) is 16.0. The molecule has 0 aromatic carbocycles. The van der Waals surface area contributed by atoms with Crippen molar-refractivity contribution in [1.82, 2.24) is 40.3 Å². The van der Waals surface area contributed by atoms with E-state index in [1.807, 2.05) is 19.0 Å². The Morgan fingerprint density at radius 2 is 2.02 bits per heavy atom. The summed E-state index contributed by atoms with van der Waals surface area (Å²) in [4.78, 5) is 58.4. The molecule has 0 aliphatic carbocycles. The highest BCUT2D eigenvalue weighted by Crippen LogP contribution is 2.42. The Morgan fingerprint density at radius 3 is 2.71 bits per heavy atom. The zero-order chi connectivity index (χ0) is 30.4. The van der Waals surface area contributed by atoms with Crippen LogP contribution in [0.25, 0.3) is 0 Å². The fraction of sp³-hybridized carbons (Fsp3) is 0.583. The first-order valence-electron chi connectivity index (χ1n) is 13.1. The minimum absolute atomic E-state index is 0.0147. The standard InChI is InChI=1S/C24H33N9O6S3/c1-13(2)21(36)38-7-8-39-22(37)18-14(11-42-24-28-29-30-32(24)6-5-31(3)4)10-40-20-17(19(35)33(18)20)27-16(34)9-15-12-41-23(25)26-15/h12-13,17,20H,5-11H2,1-4H3,(H2,25,26)(H,27,34)/t17-,20+/m1/s1. The molecule has 4 heterocycles. The number of ether oxygens (including phenoxy) is 2. The number of carbonyl (C=O) groups is 4. The Balaban J connectivity index is 1.46. The van der Waals surface area contributed by atoms with Crippen LogP contribution < -0.4 is 11.1 Å². The summed E-state index contributed by atoms with van der Waals surface area (Å²) in [5, 5.41) is 16.8. The summed E-state index contributed by atoms with van der Waals surface area (Å²) in [5.41, 5.74) is 6.95. The number of nitrogen functional groups attached to an aromatic ring is 1. The zero-order valence-electron chi connectivity index (χ0n) is 23.6. The van der Waals surface area contributed by atoms with Crippen LogP contribution in [0, 0.1) is 5.92 Å². The molecule has 1 fully saturated rings. The van der Waals surface area contributed by atoms with Gasteiger partial charge in [-0.15, -0.1) is 28.2 Å². The highest BCUT2D eigenvalue weighted by Gasteiger charge is 2.54. The molecule has 18 heteroatoms. The average Bonchev–Trinajstić information content (AvgIpc) is 3.58. The molecular weight excluding hydrogens is 607 g/mol. The van der Waals surface area contributed by atoms with Crippen LogP contribution in [0.2, 0.25) is 0 Å². The largest absolute Gasteiger partial charge is 0.462 e. The maximum absolute atomic E-state index is 13.3. The summed E-state index contributed by atoms with van der Waals surface area (Å²) in [6, 6.07) is -0.805. The van der Waals surface area contributed by atoms with Crippen LogP contribution in [-0.2, 0) is 41.6 Å². The fourth-order valence-corrected chi connectivity index (χ4v) is 6.92. The highest BCUT2D eigenvalue weighted by molar-refractivity contribution is 8.01. The number of nitrogens with two attached hydrogens (primary N) is 1. The molecule has 0 bridgehead atoms. The number of likely N-dealkylation sites (N-methyl/N-ethyl adjacent to an activating group) is 1. The van der Waals surface area contributed by atoms with Gasteiger partial charge in [0.2, 0.25) is 11.1 Å². The predicted molar refractivity (Wildman–Crippen MR) is 156 cm³/mol. The SMILES string of the molecule is CC(C)C(=O)OCCOC(=O)C1=C(CSc2nnnn2CCN(C)C)CS[C@H]2[C@H](NC(=O)Cc3csc(N)n3)C(=O)N12. The molecule has 0 radical (unpaired) electrons. The molecular formula is C24H33N9O6S3. The average molecular weight is 640 g/mol. The number of nitrogens with zero attached hydrogens (tertiary/aromatic N) is 7. The van der Waals surface area contributed by atoms with E-state index in [2.05, 4.69) is 25.8 Å². The van der Waals surface area contributed by atoms with Gasteiger partial charge in [-0.3, -0.25) is 19.3 Å². The minimum Gasteiger partial charge on any atom is -0.462 e. The minimum atomic E-state index is -0.805. The van der Waals surface area contributed by atoms with Gasteiger partial charge in [-0.1, -0.05) is 25.6 Å². The lowest BCUT2D eigenvalue weighted by Gasteiger charge is -2.49. The van der Waals surface area contributed by atoms with E-state index in [9.17, 15) is 19.2 Å². The number of anilines is 1. The maximum atomic E-state index is 13.3. The molecule has 228 valence electrons. The van der Waals surface area contributed by atoms with Crippen LogP contribution in [-0.4, -0.2) is 116 Å². The number of tetrazole rings is 1. The monoisotopic (exact) mass is 639 g/mol. The molecule has 3 N–H and O–H groups in total. The van der Waals surface area contributed by atoms with E-state index < -0.39 is 29.3 Å². The van der Waals surface area contributed by atoms with E-state index in [4.69, 9.17) is 15.2 Å². The van der Waals surface area contributed by atoms with Gasteiger partial charge in [-0.05, 0) is 30.1 Å². The van der Waals surface area contributed by atoms with Crippen LogP contribution >= 0.6 is 34.9 Å². The van der Waals surface area contributed by atoms with Crippen molar-refractivity contribution < 1.29 is 28.7 Å². The second kappa shape index (κ2) is 14.3. The molecule has 1 saturated heterocycles. The van der Waals surface area contributed by atoms with E-state index in [0.717, 1.165) is 6.54 Å². The van der Waals surface area contributed by atoms with Crippen molar-refractivity contribution in [3.63, 3.8) is 0 Å². The Morgan fingerprint density at radius 1 is 1.26 bits per heavy atom. The Kier molecular flexibility index (Phi) is 10.8. The van der Waals surface area contributed by atoms with Crippen molar-refractivity contribution in [1.29, 1.82) is 0 Å². The van der Waals surface area contributed by atoms with Gasteiger partial charge in [0.25, 0.3) is 5.91 Å². The molecule has 0 spiro atoms. The summed E-state index contributed by atoms with van der Waals surface area (Å²) in [6.45, 7) is 4.46. The van der Waals surface area contributed by atoms with Crippen LogP contribution in [0.3, 0.4) is 0 Å². The van der Waals surface area contributed by atoms with Gasteiger partial charge in [0.1, 0.15) is 30.3 Å². The van der Waals surface area contributed by atoms with Gasteiger partial charge in [0, 0.05) is 23.4 Å². The van der Waals surface area contributed by atoms with E-state index in [1.165, 1.54) is 39.8 Å². The zero-order valence-corrected chi connectivity index (χ0v) is 26.1. The van der Waals surface area contributed by atoms with Crippen LogP contribution in [0.5, 0.6) is 0 Å². The van der Waals surface area contributed by atoms with Gasteiger partial charge in [0.15, 0.2) is 5.13 Å². The van der Waals surface area contributed by atoms with Gasteiger partial charge in [0.05, 0.1) is 24.6 Å². The molecule has 2 atom stereocenters. The number of hydrogen-bond acceptors (Lipinski definition) is 15. The quantitative estimate of drug-likeness (QED) is 0.122.